The van der Waals surface area contributed by atoms with Crippen LogP contribution in [0.4, 0.5) is 4.79 Å². The van der Waals surface area contributed by atoms with Gasteiger partial charge < -0.3 is 53.8 Å². The van der Waals surface area contributed by atoms with E-state index in [2.05, 4.69) is 26.1 Å². The molecule has 5 aliphatic heterocycles. The van der Waals surface area contributed by atoms with Gasteiger partial charge in [0, 0.05) is 37.2 Å². The number of aliphatic hydroxyl groups is 2. The molecule has 5 heterocycles. The maximum atomic E-state index is 14.6. The molecular formula is C46H77NO13. The average molecular weight is 852 g/mol. The molecule has 14 nitrogen and oxygen atoms in total. The molecule has 18 atom stereocenters. The predicted octanol–water partition coefficient (Wildman–Crippen LogP) is 6.57. The minimum atomic E-state index is -1.38. The second-order valence-corrected chi connectivity index (χ2v) is 19.2. The average Bonchev–Trinajstić information content (AvgIpc) is 3.55. The van der Waals surface area contributed by atoms with E-state index in [9.17, 15) is 29.7 Å². The first-order valence-corrected chi connectivity index (χ1v) is 22.9. The molecule has 1 amide bonds. The maximum absolute atomic E-state index is 14.6. The van der Waals surface area contributed by atoms with Crippen LogP contribution in [0.15, 0.2) is 12.2 Å². The molecule has 0 radical (unpaired) electrons. The lowest BCUT2D eigenvalue weighted by Crippen LogP contribution is -2.65. The number of nitrogens with one attached hydrogen (secondary N) is 1. The van der Waals surface area contributed by atoms with Crippen molar-refractivity contribution in [3.8, 4) is 0 Å². The number of rotatable bonds is 16. The van der Waals surface area contributed by atoms with Crippen LogP contribution < -0.4 is 5.32 Å². The van der Waals surface area contributed by atoms with Crippen LogP contribution in [0.1, 0.15) is 133 Å². The quantitative estimate of drug-likeness (QED) is 0.0966. The van der Waals surface area contributed by atoms with Gasteiger partial charge >= 0.3 is 12.1 Å². The van der Waals surface area contributed by atoms with Crippen molar-refractivity contribution in [2.24, 2.45) is 41.4 Å². The van der Waals surface area contributed by atoms with E-state index >= 15 is 0 Å². The van der Waals surface area contributed by atoms with Crippen LogP contribution in [0.2, 0.25) is 0 Å². The molecule has 2 spiro atoms. The summed E-state index contributed by atoms with van der Waals surface area (Å²) in [6, 6.07) is -0.755. The van der Waals surface area contributed by atoms with Gasteiger partial charge in [0.2, 0.25) is 0 Å². The fourth-order valence-electron chi connectivity index (χ4n) is 11.1. The van der Waals surface area contributed by atoms with Gasteiger partial charge in [-0.25, -0.2) is 4.79 Å². The van der Waals surface area contributed by atoms with Crippen molar-refractivity contribution in [3.63, 3.8) is 0 Å². The Kier molecular flexibility index (Phi) is 16.0. The Morgan fingerprint density at radius 2 is 1.60 bits per heavy atom. The Morgan fingerprint density at radius 1 is 0.900 bits per heavy atom. The van der Waals surface area contributed by atoms with E-state index < -0.39 is 95.1 Å². The van der Waals surface area contributed by atoms with Crippen LogP contribution in [0.3, 0.4) is 0 Å². The zero-order valence-corrected chi connectivity index (χ0v) is 38.1. The lowest BCUT2D eigenvalue weighted by Gasteiger charge is -2.55. The molecule has 0 aromatic heterocycles. The number of methoxy groups -OCH3 is 1. The first kappa shape index (κ1) is 48.9. The molecule has 4 saturated heterocycles. The number of hydrogen-bond donors (Lipinski definition) is 4. The van der Waals surface area contributed by atoms with E-state index in [0.717, 1.165) is 6.42 Å². The normalized spacial score (nSPS) is 42.0. The second-order valence-electron chi connectivity index (χ2n) is 19.2. The number of ketones is 1. The SMILES string of the molecule is CC[C@@H](C(=O)[C@@H](C)[C@@H](O)[C@H](C)[C@@H]1O[C@@H]([C@@H](CC)C(=O)O)CC[C@@H]1C)[C@H]1O[C@]2(C=C[C@@H](NC(=O)OCCOC)[C@]3(CC[C@@](C)([C@H]4CC[C@](O)(CC)[C@H](C)O4)O3)O2)[C@H](C)C[C@@H]1C. The minimum absolute atomic E-state index is 0.0329. The number of carboxylic acid groups (broad SMARTS) is 1. The summed E-state index contributed by atoms with van der Waals surface area (Å²) in [5, 5.41) is 35.8. The van der Waals surface area contributed by atoms with Gasteiger partial charge in [0.15, 0.2) is 11.6 Å². The number of amides is 1. The third kappa shape index (κ3) is 9.81. The number of carbonyl (C=O) groups excluding carboxylic acids is 2. The standard InChI is InChI=1S/C46H77NO13/c1-12-32(41(50)51)34-16-15-26(4)39(57-34)30(8)37(48)29(7)38(49)33(13-2)40-27(5)25-28(6)45(58-40)20-17-35(47-42(52)55-24-23-54-11)46(60-45)22-21-43(10,59-46)36-18-19-44(53,14-3)31(9)56-36/h17,20,26-37,39-40,48,53H,12-16,18-19,21-25H2,1-11H3,(H,47,52)(H,50,51)/t26-,27-,28+,29-,30-,31-,32+,33-,34+,35+,36+,37+,39+,40-,43-,44+,45-,46-/m0/s1. The summed E-state index contributed by atoms with van der Waals surface area (Å²) < 4.78 is 44.8. The van der Waals surface area contributed by atoms with Gasteiger partial charge in [-0.15, -0.1) is 0 Å². The molecule has 60 heavy (non-hydrogen) atoms. The number of aliphatic carboxylic acids is 1. The van der Waals surface area contributed by atoms with Crippen molar-refractivity contribution in [1.29, 1.82) is 0 Å². The first-order valence-electron chi connectivity index (χ1n) is 22.9. The van der Waals surface area contributed by atoms with Crippen LogP contribution in [0, 0.1) is 41.4 Å². The zero-order chi connectivity index (χ0) is 44.4. The molecule has 0 aromatic rings. The van der Waals surface area contributed by atoms with Gasteiger partial charge in [0.05, 0.1) is 60.4 Å². The molecule has 0 aliphatic carbocycles. The third-order valence-electron chi connectivity index (χ3n) is 15.3. The van der Waals surface area contributed by atoms with Crippen molar-refractivity contribution in [2.75, 3.05) is 20.3 Å². The van der Waals surface area contributed by atoms with Crippen molar-refractivity contribution in [2.45, 2.75) is 199 Å². The molecule has 344 valence electrons. The number of hydrogen-bond acceptors (Lipinski definition) is 12. The zero-order valence-electron chi connectivity index (χ0n) is 38.1. The molecule has 14 heteroatoms. The highest BCUT2D eigenvalue weighted by Gasteiger charge is 2.63. The van der Waals surface area contributed by atoms with Gasteiger partial charge in [-0.2, -0.15) is 0 Å². The van der Waals surface area contributed by atoms with E-state index in [1.807, 2.05) is 53.7 Å². The number of carboxylic acids is 1. The summed E-state index contributed by atoms with van der Waals surface area (Å²) in [5.41, 5.74) is -1.75. The van der Waals surface area contributed by atoms with Crippen LogP contribution >= 0.6 is 0 Å². The highest BCUT2D eigenvalue weighted by Crippen LogP contribution is 2.54. The van der Waals surface area contributed by atoms with Crippen molar-refractivity contribution in [1.82, 2.24) is 5.32 Å². The molecule has 5 aliphatic rings. The molecule has 0 unspecified atom stereocenters. The number of Topliss-reactive ketones (excluding diaryl/α,β-unsaturated/α-hetero) is 1. The highest BCUT2D eigenvalue weighted by atomic mass is 16.8. The van der Waals surface area contributed by atoms with Gasteiger partial charge in [-0.05, 0) is 89.5 Å². The smallest absolute Gasteiger partial charge is 0.407 e. The van der Waals surface area contributed by atoms with Crippen LogP contribution in [-0.2, 0) is 42.7 Å². The maximum Gasteiger partial charge on any atom is 0.407 e. The highest BCUT2D eigenvalue weighted by molar-refractivity contribution is 5.84. The number of carbonyl (C=O) groups is 3. The molecule has 0 aromatic carbocycles. The minimum Gasteiger partial charge on any atom is -0.481 e. The molecule has 0 saturated carbocycles. The van der Waals surface area contributed by atoms with Crippen molar-refractivity contribution in [3.05, 3.63) is 12.2 Å². The van der Waals surface area contributed by atoms with E-state index in [0.29, 0.717) is 57.8 Å². The van der Waals surface area contributed by atoms with Gasteiger partial charge in [0.25, 0.3) is 0 Å². The summed E-state index contributed by atoms with van der Waals surface area (Å²) in [5.74, 6) is -6.16. The molecule has 4 N–H and O–H groups in total. The van der Waals surface area contributed by atoms with Gasteiger partial charge in [-0.3, -0.25) is 9.59 Å². The fourth-order valence-corrected chi connectivity index (χ4v) is 11.1. The van der Waals surface area contributed by atoms with Crippen LogP contribution in [0.5, 0.6) is 0 Å². The van der Waals surface area contributed by atoms with Crippen molar-refractivity contribution >= 4 is 17.8 Å². The van der Waals surface area contributed by atoms with E-state index in [4.69, 9.17) is 33.2 Å². The number of alkyl carbamates (subject to hydrolysis) is 1. The van der Waals surface area contributed by atoms with Crippen LogP contribution in [-0.4, -0.2) is 119 Å². The Morgan fingerprint density at radius 3 is 2.22 bits per heavy atom. The number of aliphatic hydroxyl groups excluding tert-OH is 1. The summed E-state index contributed by atoms with van der Waals surface area (Å²) in [6.07, 6.45) is 5.57. The lowest BCUT2D eigenvalue weighted by atomic mass is 9.72. The van der Waals surface area contributed by atoms with E-state index in [1.54, 1.807) is 6.92 Å². The Labute approximate surface area is 358 Å². The van der Waals surface area contributed by atoms with Gasteiger partial charge in [-0.1, -0.05) is 61.5 Å². The molecular weight excluding hydrogens is 774 g/mol. The Balaban J connectivity index is 1.38. The van der Waals surface area contributed by atoms with Crippen molar-refractivity contribution < 1.29 is 62.9 Å². The predicted molar refractivity (Wildman–Crippen MR) is 223 cm³/mol. The topological polar surface area (TPSA) is 189 Å². The second kappa shape index (κ2) is 19.7. The Hall–Kier alpha value is -2.17. The summed E-state index contributed by atoms with van der Waals surface area (Å²) in [6.45, 7) is 19.9. The fraction of sp³-hybridized carbons (Fsp3) is 0.891. The largest absolute Gasteiger partial charge is 0.481 e. The molecule has 5 rings (SSSR count). The number of ether oxygens (including phenoxy) is 7. The summed E-state index contributed by atoms with van der Waals surface area (Å²) in [7, 11) is 1.53. The van der Waals surface area contributed by atoms with E-state index in [1.165, 1.54) is 7.11 Å². The van der Waals surface area contributed by atoms with E-state index in [-0.39, 0.29) is 42.9 Å². The van der Waals surface area contributed by atoms with Crippen LogP contribution in [0.25, 0.3) is 0 Å². The Bertz CT molecular complexity index is 1510. The summed E-state index contributed by atoms with van der Waals surface area (Å²) >= 11 is 0. The summed E-state index contributed by atoms with van der Waals surface area (Å²) in [4.78, 5) is 39.8. The molecule has 0 bridgehead atoms. The molecule has 4 fully saturated rings. The monoisotopic (exact) mass is 852 g/mol. The third-order valence-corrected chi connectivity index (χ3v) is 15.3. The first-order chi connectivity index (χ1) is 28.2. The van der Waals surface area contributed by atoms with Gasteiger partial charge in [0.1, 0.15) is 18.4 Å². The lowest BCUT2D eigenvalue weighted by molar-refractivity contribution is -0.398.